The Kier molecular flexibility index (Phi) is 3.94. The van der Waals surface area contributed by atoms with Gasteiger partial charge in [-0.15, -0.1) is 0 Å². The van der Waals surface area contributed by atoms with E-state index in [2.05, 4.69) is 11.6 Å². The molecule has 2 rings (SSSR count). The molecule has 0 atom stereocenters. The Bertz CT molecular complexity index is 580. The lowest BCUT2D eigenvalue weighted by molar-refractivity contribution is 0.270. The molecule has 0 amide bonds. The summed E-state index contributed by atoms with van der Waals surface area (Å²) in [6, 6.07) is 2.41. The van der Waals surface area contributed by atoms with Crippen LogP contribution in [0.15, 0.2) is 17.0 Å². The highest BCUT2D eigenvalue weighted by atomic mass is 32.2. The summed E-state index contributed by atoms with van der Waals surface area (Å²) in [6.45, 7) is 3.09. The zero-order valence-electron chi connectivity index (χ0n) is 11.0. The van der Waals surface area contributed by atoms with Crippen LogP contribution in [0.1, 0.15) is 30.9 Å². The van der Waals surface area contributed by atoms with Crippen LogP contribution in [-0.2, 0) is 16.6 Å². The molecule has 0 bridgehead atoms. The molecule has 0 aliphatic heterocycles. The molecule has 1 aliphatic carbocycles. The molecule has 6 heteroatoms. The van der Waals surface area contributed by atoms with E-state index in [1.807, 2.05) is 0 Å². The lowest BCUT2D eigenvalue weighted by Crippen LogP contribution is -2.43. The maximum Gasteiger partial charge on any atom is 0.241 e. The quantitative estimate of drug-likeness (QED) is 0.886. The first-order chi connectivity index (χ1) is 8.83. The number of nitrogens with one attached hydrogen (secondary N) is 1. The van der Waals surface area contributed by atoms with Crippen LogP contribution in [0.5, 0.6) is 0 Å². The molecular weight excluding hydrogens is 269 g/mol. The zero-order valence-corrected chi connectivity index (χ0v) is 11.8. The van der Waals surface area contributed by atoms with Gasteiger partial charge < -0.3 is 5.11 Å². The van der Waals surface area contributed by atoms with E-state index in [1.54, 1.807) is 0 Å². The summed E-state index contributed by atoms with van der Waals surface area (Å²) in [7, 11) is -3.73. The highest BCUT2D eigenvalue weighted by Crippen LogP contribution is 2.29. The fourth-order valence-electron chi connectivity index (χ4n) is 2.36. The Balaban J connectivity index is 2.31. The van der Waals surface area contributed by atoms with Gasteiger partial charge in [0.25, 0.3) is 0 Å². The maximum atomic E-state index is 13.6. The largest absolute Gasteiger partial charge is 0.392 e. The van der Waals surface area contributed by atoms with Crippen LogP contribution in [0.4, 0.5) is 4.39 Å². The Labute approximate surface area is 112 Å². The summed E-state index contributed by atoms with van der Waals surface area (Å²) in [5.74, 6) is -0.0942. The zero-order chi connectivity index (χ0) is 14.2. The van der Waals surface area contributed by atoms with Crippen molar-refractivity contribution in [1.29, 1.82) is 0 Å². The molecule has 1 aromatic carbocycles. The average molecular weight is 287 g/mol. The first-order valence-electron chi connectivity index (χ1n) is 6.25. The second-order valence-corrected chi connectivity index (χ2v) is 6.94. The molecule has 0 spiro atoms. The van der Waals surface area contributed by atoms with Crippen LogP contribution in [-0.4, -0.2) is 19.6 Å². The van der Waals surface area contributed by atoms with Crippen LogP contribution < -0.4 is 4.72 Å². The second kappa shape index (κ2) is 5.19. The molecule has 106 valence electrons. The molecule has 1 aliphatic rings. The Morgan fingerprint density at radius 2 is 2.05 bits per heavy atom. The van der Waals surface area contributed by atoms with Gasteiger partial charge in [-0.1, -0.05) is 6.92 Å². The number of rotatable bonds is 4. The fourth-order valence-corrected chi connectivity index (χ4v) is 3.92. The monoisotopic (exact) mass is 287 g/mol. The van der Waals surface area contributed by atoms with Gasteiger partial charge in [-0.05, 0) is 43.4 Å². The first kappa shape index (κ1) is 14.4. The standard InChI is InChI=1S/C13H18FNO3S/c1-8-3-11(4-8)15-19(17,18)13-6-10(7-16)5-12(14)9(13)2/h5-6,8,11,15-16H,3-4,7H2,1-2H3. The van der Waals surface area contributed by atoms with E-state index in [4.69, 9.17) is 5.11 Å². The van der Waals surface area contributed by atoms with E-state index in [0.29, 0.717) is 5.92 Å². The molecule has 1 aromatic rings. The lowest BCUT2D eigenvalue weighted by atomic mass is 9.83. The van der Waals surface area contributed by atoms with E-state index >= 15 is 0 Å². The number of aliphatic hydroxyl groups excluding tert-OH is 1. The summed E-state index contributed by atoms with van der Waals surface area (Å²) in [5, 5.41) is 9.04. The molecule has 2 N–H and O–H groups in total. The van der Waals surface area contributed by atoms with Crippen molar-refractivity contribution in [3.8, 4) is 0 Å². The Morgan fingerprint density at radius 3 is 2.58 bits per heavy atom. The molecule has 0 saturated heterocycles. The van der Waals surface area contributed by atoms with Gasteiger partial charge >= 0.3 is 0 Å². The summed E-state index contributed by atoms with van der Waals surface area (Å²) >= 11 is 0. The van der Waals surface area contributed by atoms with Gasteiger partial charge in [0.15, 0.2) is 0 Å². The third kappa shape index (κ3) is 2.96. The number of aliphatic hydroxyl groups is 1. The van der Waals surface area contributed by atoms with Gasteiger partial charge in [0.1, 0.15) is 5.82 Å². The predicted molar refractivity (Wildman–Crippen MR) is 69.6 cm³/mol. The van der Waals surface area contributed by atoms with E-state index in [1.165, 1.54) is 13.0 Å². The van der Waals surface area contributed by atoms with Crippen molar-refractivity contribution >= 4 is 10.0 Å². The Hall–Kier alpha value is -0.980. The molecule has 0 aromatic heterocycles. The van der Waals surface area contributed by atoms with Crippen molar-refractivity contribution in [3.63, 3.8) is 0 Å². The lowest BCUT2D eigenvalue weighted by Gasteiger charge is -2.33. The smallest absolute Gasteiger partial charge is 0.241 e. The third-order valence-corrected chi connectivity index (χ3v) is 5.17. The summed E-state index contributed by atoms with van der Waals surface area (Å²) in [6.07, 6.45) is 1.61. The summed E-state index contributed by atoms with van der Waals surface area (Å²) in [4.78, 5) is -0.0869. The van der Waals surface area contributed by atoms with Gasteiger partial charge in [0.05, 0.1) is 11.5 Å². The van der Waals surface area contributed by atoms with Crippen molar-refractivity contribution in [2.75, 3.05) is 0 Å². The van der Waals surface area contributed by atoms with Crippen molar-refractivity contribution in [2.24, 2.45) is 5.92 Å². The average Bonchev–Trinajstić information content (AvgIpc) is 2.30. The maximum absolute atomic E-state index is 13.6. The number of halogens is 1. The highest BCUT2D eigenvalue weighted by molar-refractivity contribution is 7.89. The van der Waals surface area contributed by atoms with Crippen LogP contribution >= 0.6 is 0 Å². The normalized spacial score (nSPS) is 23.2. The molecule has 19 heavy (non-hydrogen) atoms. The number of hydrogen-bond acceptors (Lipinski definition) is 3. The van der Waals surface area contributed by atoms with Crippen molar-refractivity contribution in [2.45, 2.75) is 44.2 Å². The van der Waals surface area contributed by atoms with Crippen molar-refractivity contribution in [3.05, 3.63) is 29.1 Å². The summed E-state index contributed by atoms with van der Waals surface area (Å²) < 4.78 is 40.7. The van der Waals surface area contributed by atoms with E-state index in [9.17, 15) is 12.8 Å². The van der Waals surface area contributed by atoms with Crippen molar-refractivity contribution in [1.82, 2.24) is 4.72 Å². The molecular formula is C13H18FNO3S. The molecule has 0 heterocycles. The highest BCUT2D eigenvalue weighted by Gasteiger charge is 2.31. The van der Waals surface area contributed by atoms with Gasteiger partial charge in [-0.3, -0.25) is 0 Å². The van der Waals surface area contributed by atoms with Gasteiger partial charge in [0.2, 0.25) is 10.0 Å². The number of sulfonamides is 1. The Morgan fingerprint density at radius 1 is 1.42 bits per heavy atom. The molecule has 0 radical (unpaired) electrons. The molecule has 1 saturated carbocycles. The first-order valence-corrected chi connectivity index (χ1v) is 7.74. The summed E-state index contributed by atoms with van der Waals surface area (Å²) in [5.41, 5.74) is 0.336. The van der Waals surface area contributed by atoms with Crippen LogP contribution in [0.2, 0.25) is 0 Å². The minimum atomic E-state index is -3.73. The van der Waals surface area contributed by atoms with E-state index < -0.39 is 15.8 Å². The number of benzene rings is 1. The minimum Gasteiger partial charge on any atom is -0.392 e. The fraction of sp³-hybridized carbons (Fsp3) is 0.538. The van der Waals surface area contributed by atoms with Gasteiger partial charge in [-0.25, -0.2) is 17.5 Å². The number of hydrogen-bond donors (Lipinski definition) is 2. The van der Waals surface area contributed by atoms with Crippen LogP contribution in [0.25, 0.3) is 0 Å². The predicted octanol–water partition coefficient (Wildman–Crippen LogP) is 1.70. The molecule has 4 nitrogen and oxygen atoms in total. The van der Waals surface area contributed by atoms with Gasteiger partial charge in [-0.2, -0.15) is 0 Å². The van der Waals surface area contributed by atoms with Gasteiger partial charge in [0, 0.05) is 11.6 Å². The van der Waals surface area contributed by atoms with E-state index in [0.717, 1.165) is 18.9 Å². The topological polar surface area (TPSA) is 66.4 Å². The second-order valence-electron chi connectivity index (χ2n) is 5.25. The SMILES string of the molecule is Cc1c(F)cc(CO)cc1S(=O)(=O)NC1CC(C)C1. The van der Waals surface area contributed by atoms with Crippen LogP contribution in [0, 0.1) is 18.7 Å². The van der Waals surface area contributed by atoms with E-state index in [-0.39, 0.29) is 28.7 Å². The van der Waals surface area contributed by atoms with Crippen molar-refractivity contribution < 1.29 is 17.9 Å². The molecule has 1 fully saturated rings. The minimum absolute atomic E-state index is 0.0692. The van der Waals surface area contributed by atoms with Crippen LogP contribution in [0.3, 0.4) is 0 Å². The molecule has 0 unspecified atom stereocenters. The third-order valence-electron chi connectivity index (χ3n) is 3.52.